The average Bonchev–Trinajstić information content (AvgIpc) is 3.82. The number of unbranched alkanes of at least 4 members (excludes halogenated alkanes) is 5. The quantitative estimate of drug-likeness (QED) is 0.0450. The minimum atomic E-state index is -3.63. The molecule has 0 radical (unpaired) electrons. The van der Waals surface area contributed by atoms with E-state index in [1.807, 2.05) is 6.92 Å². The summed E-state index contributed by atoms with van der Waals surface area (Å²) in [6.07, 6.45) is 24.8. The minimum Gasteiger partial charge on any atom is -0.450 e. The molecule has 4 fully saturated rings. The van der Waals surface area contributed by atoms with E-state index in [0.29, 0.717) is 36.0 Å². The fourth-order valence-electron chi connectivity index (χ4n) is 11.5. The summed E-state index contributed by atoms with van der Waals surface area (Å²) in [4.78, 5) is 28.7. The van der Waals surface area contributed by atoms with Crippen LogP contribution in [0.25, 0.3) is 5.65 Å². The first kappa shape index (κ1) is 48.8. The van der Waals surface area contributed by atoms with Crippen LogP contribution in [-0.2, 0) is 19.5 Å². The van der Waals surface area contributed by atoms with Gasteiger partial charge in [0.2, 0.25) is 0 Å². The number of hydrogen-bond acceptors (Lipinski definition) is 10. The summed E-state index contributed by atoms with van der Waals surface area (Å²) in [5.41, 5.74) is 2.33. The molecular formula is C48H83N7O6S. The third-order valence-corrected chi connectivity index (χ3v) is 17.4. The number of anilines is 1. The number of alkyl carbamates (subject to hydrolysis) is 1. The molecule has 4 atom stereocenters. The Morgan fingerprint density at radius 2 is 1.61 bits per heavy atom. The number of carbonyl (C=O) groups excluding carboxylic acids is 1. The number of allylic oxidation sites excluding steroid dienone is 1. The van der Waals surface area contributed by atoms with Gasteiger partial charge in [0, 0.05) is 35.4 Å². The van der Waals surface area contributed by atoms with Crippen molar-refractivity contribution in [2.45, 2.75) is 231 Å². The number of nitrogens with zero attached hydrogens (tertiary/aromatic N) is 5. The summed E-state index contributed by atoms with van der Waals surface area (Å²) in [7, 11) is -3.63. The van der Waals surface area contributed by atoms with Crippen LogP contribution >= 0.6 is 0 Å². The number of fused-ring (bicyclic) bond motifs is 1. The zero-order valence-corrected chi connectivity index (χ0v) is 39.9. The Hall–Kier alpha value is -2.68. The van der Waals surface area contributed by atoms with E-state index in [9.17, 15) is 18.5 Å². The van der Waals surface area contributed by atoms with Gasteiger partial charge < -0.3 is 19.9 Å². The lowest BCUT2D eigenvalue weighted by Gasteiger charge is -2.46. The highest BCUT2D eigenvalue weighted by Gasteiger charge is 2.42. The van der Waals surface area contributed by atoms with Crippen LogP contribution in [0, 0.1) is 18.8 Å². The van der Waals surface area contributed by atoms with E-state index in [1.54, 1.807) is 4.63 Å². The van der Waals surface area contributed by atoms with Gasteiger partial charge in [-0.05, 0) is 115 Å². The van der Waals surface area contributed by atoms with Gasteiger partial charge in [0.05, 0.1) is 17.6 Å². The Morgan fingerprint density at radius 1 is 0.919 bits per heavy atom. The van der Waals surface area contributed by atoms with Crippen molar-refractivity contribution < 1.29 is 28.1 Å². The van der Waals surface area contributed by atoms with E-state index >= 15 is 0 Å². The van der Waals surface area contributed by atoms with Gasteiger partial charge in [0.15, 0.2) is 27.5 Å². The standard InChI is InChI=1S/C48H83N7O6S/c1-6-9-10-11-12-19-31-60-48(56)49-39-26-24-38(25-27-39)46-50-47-45(36(5)51-55(47)52-46)54(43-29-28-40(32-35(43)4)53(8-3)30-7-2)44(61-57)34-42(33-37-20-15-13-16-21-37)62(58,59)41-22-17-14-18-23-41/h33,35,37-41,43-44,51,57H,6-32,34H2,1-5H3,(H,49,56)/b42-33-. The van der Waals surface area contributed by atoms with E-state index in [2.05, 4.69) is 54.0 Å². The van der Waals surface area contributed by atoms with Crippen LogP contribution in [0.3, 0.4) is 0 Å². The van der Waals surface area contributed by atoms with Gasteiger partial charge in [-0.25, -0.2) is 28.3 Å². The number of hydrogen-bond donors (Lipinski definition) is 3. The van der Waals surface area contributed by atoms with Crippen molar-refractivity contribution in [1.29, 1.82) is 0 Å². The Balaban J connectivity index is 1.24. The molecule has 4 unspecified atom stereocenters. The number of rotatable bonds is 22. The van der Waals surface area contributed by atoms with Gasteiger partial charge in [0.1, 0.15) is 5.69 Å². The van der Waals surface area contributed by atoms with Gasteiger partial charge in [-0.3, -0.25) is 5.10 Å². The fraction of sp³-hybridized carbons (Fsp3) is 0.854. The lowest BCUT2D eigenvalue weighted by molar-refractivity contribution is -0.279. The molecule has 3 N–H and O–H groups in total. The molecule has 13 nitrogen and oxygen atoms in total. The Kier molecular flexibility index (Phi) is 18.9. The number of carbonyl (C=O) groups is 1. The minimum absolute atomic E-state index is 0.0298. The van der Waals surface area contributed by atoms with Crippen molar-refractivity contribution >= 4 is 27.3 Å². The maximum absolute atomic E-state index is 14.7. The van der Waals surface area contributed by atoms with Crippen molar-refractivity contribution in [2.75, 3.05) is 24.6 Å². The molecule has 6 rings (SSSR count). The molecular weight excluding hydrogens is 803 g/mol. The van der Waals surface area contributed by atoms with Gasteiger partial charge in [-0.1, -0.05) is 104 Å². The Bertz CT molecular complexity index is 1790. The second-order valence-electron chi connectivity index (χ2n) is 19.5. The first-order chi connectivity index (χ1) is 30.1. The van der Waals surface area contributed by atoms with E-state index in [1.165, 1.54) is 32.1 Å². The summed E-state index contributed by atoms with van der Waals surface area (Å²) >= 11 is 0. The number of aromatic nitrogens is 4. The molecule has 2 aromatic heterocycles. The predicted molar refractivity (Wildman–Crippen MR) is 248 cm³/mol. The average molecular weight is 886 g/mol. The lowest BCUT2D eigenvalue weighted by Crippen LogP contribution is -2.53. The molecule has 2 aromatic rings. The molecule has 352 valence electrons. The van der Waals surface area contributed by atoms with E-state index in [4.69, 9.17) is 19.7 Å². The molecule has 1 amide bonds. The number of nitrogens with one attached hydrogen (secondary N) is 2. The van der Waals surface area contributed by atoms with Crippen molar-refractivity contribution in [3.05, 3.63) is 22.5 Å². The molecule has 0 bridgehead atoms. The number of aryl methyl sites for hydroxylation is 1. The van der Waals surface area contributed by atoms with E-state index in [-0.39, 0.29) is 42.4 Å². The Morgan fingerprint density at radius 3 is 2.27 bits per heavy atom. The van der Waals surface area contributed by atoms with Gasteiger partial charge in [-0.15, -0.1) is 5.10 Å². The molecule has 0 aromatic carbocycles. The van der Waals surface area contributed by atoms with Crippen LogP contribution in [0.1, 0.15) is 206 Å². The summed E-state index contributed by atoms with van der Waals surface area (Å²) in [6.45, 7) is 13.6. The third kappa shape index (κ3) is 12.6. The van der Waals surface area contributed by atoms with Crippen molar-refractivity contribution in [3.8, 4) is 0 Å². The SMILES string of the molecule is CCCCCCCCOC(=O)NC1CCC(c2nc3c(N(C(C/C(=C/C4CCCCC4)S(=O)(=O)C4CCCCC4)OO)C4CCC(N(CC)CCC)CC4C)c(C)[nH]n3n2)CC1. The normalized spacial score (nSPS) is 25.3. The first-order valence-electron chi connectivity index (χ1n) is 25.2. The van der Waals surface area contributed by atoms with E-state index < -0.39 is 21.3 Å². The summed E-state index contributed by atoms with van der Waals surface area (Å²) in [5, 5.41) is 22.3. The van der Waals surface area contributed by atoms with Crippen LogP contribution in [0.5, 0.6) is 0 Å². The first-order valence-corrected chi connectivity index (χ1v) is 26.8. The second-order valence-corrected chi connectivity index (χ2v) is 21.8. The highest BCUT2D eigenvalue weighted by atomic mass is 32.2. The van der Waals surface area contributed by atoms with Crippen molar-refractivity contribution in [2.24, 2.45) is 11.8 Å². The maximum atomic E-state index is 14.7. The number of sulfone groups is 1. The summed E-state index contributed by atoms with van der Waals surface area (Å²) < 4.78 is 36.7. The second kappa shape index (κ2) is 24.0. The van der Waals surface area contributed by atoms with Gasteiger partial charge >= 0.3 is 6.09 Å². The topological polar surface area (TPSA) is 154 Å². The number of aromatic amines is 1. The third-order valence-electron chi connectivity index (χ3n) is 15.0. The molecule has 14 heteroatoms. The monoisotopic (exact) mass is 886 g/mol. The highest BCUT2D eigenvalue weighted by Crippen LogP contribution is 2.42. The van der Waals surface area contributed by atoms with Crippen LogP contribution in [0.4, 0.5) is 10.5 Å². The van der Waals surface area contributed by atoms with Crippen molar-refractivity contribution in [3.63, 3.8) is 0 Å². The van der Waals surface area contributed by atoms with Crippen LogP contribution < -0.4 is 10.2 Å². The molecule has 2 heterocycles. The fourth-order valence-corrected chi connectivity index (χ4v) is 13.6. The van der Waals surface area contributed by atoms with Crippen LogP contribution in [0.2, 0.25) is 0 Å². The molecule has 0 spiro atoms. The summed E-state index contributed by atoms with van der Waals surface area (Å²) in [5.74, 6) is 1.33. The van der Waals surface area contributed by atoms with Gasteiger partial charge in [-0.2, -0.15) is 4.63 Å². The lowest BCUT2D eigenvalue weighted by atomic mass is 9.80. The van der Waals surface area contributed by atoms with Gasteiger partial charge in [0.25, 0.3) is 0 Å². The largest absolute Gasteiger partial charge is 0.450 e. The molecule has 0 saturated heterocycles. The predicted octanol–water partition coefficient (Wildman–Crippen LogP) is 11.0. The smallest absolute Gasteiger partial charge is 0.407 e. The zero-order valence-electron chi connectivity index (χ0n) is 39.1. The molecule has 62 heavy (non-hydrogen) atoms. The molecule has 0 aliphatic heterocycles. The molecule has 4 aliphatic rings. The molecule has 4 saturated carbocycles. The highest BCUT2D eigenvalue weighted by molar-refractivity contribution is 7.95. The maximum Gasteiger partial charge on any atom is 0.407 e. The zero-order chi connectivity index (χ0) is 44.1. The number of amides is 1. The summed E-state index contributed by atoms with van der Waals surface area (Å²) in [6, 6.07) is 0.497. The van der Waals surface area contributed by atoms with E-state index in [0.717, 1.165) is 139 Å². The number of ether oxygens (including phenoxy) is 1. The number of H-pyrrole nitrogens is 1. The Labute approximate surface area is 373 Å². The van der Waals surface area contributed by atoms with Crippen LogP contribution in [-0.4, -0.2) is 93.8 Å². The van der Waals surface area contributed by atoms with Crippen LogP contribution in [0.15, 0.2) is 11.0 Å². The van der Waals surface area contributed by atoms with Crippen molar-refractivity contribution in [1.82, 2.24) is 30.0 Å². The molecule has 4 aliphatic carbocycles.